The molecule has 1 atom stereocenters. The molecule has 10 heavy (non-hydrogen) atoms. The average molecular weight is 139 g/mol. The molecule has 0 aromatic rings. The molecule has 1 rings (SSSR count). The number of hydrogen-bond donors (Lipinski definition) is 1. The van der Waals surface area contributed by atoms with Crippen molar-refractivity contribution in [3.05, 3.63) is 11.6 Å². The maximum Gasteiger partial charge on any atom is 0.00760 e. The molecule has 1 aliphatic rings. The molecular weight excluding hydrogens is 122 g/mol. The lowest BCUT2D eigenvalue weighted by Crippen LogP contribution is -2.32. The molecule has 0 aromatic carbocycles. The zero-order valence-electron chi connectivity index (χ0n) is 6.98. The summed E-state index contributed by atoms with van der Waals surface area (Å²) in [5.41, 5.74) is 1.65. The monoisotopic (exact) mass is 139 g/mol. The molecule has 1 aliphatic heterocycles. The van der Waals surface area contributed by atoms with Crippen LogP contribution in [0.15, 0.2) is 11.6 Å². The summed E-state index contributed by atoms with van der Waals surface area (Å²) in [6.45, 7) is 5.63. The van der Waals surface area contributed by atoms with Gasteiger partial charge in [-0.05, 0) is 32.7 Å². The van der Waals surface area contributed by atoms with Crippen molar-refractivity contribution in [2.45, 2.75) is 39.2 Å². The number of allylic oxidation sites excluding steroid dienone is 1. The minimum Gasteiger partial charge on any atom is -0.314 e. The molecule has 0 aliphatic carbocycles. The quantitative estimate of drug-likeness (QED) is 0.548. The standard InChI is InChI=1S/C9H17N/c1-3-4-9-5-6-10-8(2)7-9/h4,8,10H,3,5-7H2,1-2H3/b9-4+. The van der Waals surface area contributed by atoms with E-state index in [1.807, 2.05) is 0 Å². The van der Waals surface area contributed by atoms with Crippen LogP contribution in [0.5, 0.6) is 0 Å². The van der Waals surface area contributed by atoms with Gasteiger partial charge in [0.15, 0.2) is 0 Å². The van der Waals surface area contributed by atoms with Crippen molar-refractivity contribution in [2.24, 2.45) is 0 Å². The lowest BCUT2D eigenvalue weighted by Gasteiger charge is -2.22. The van der Waals surface area contributed by atoms with Crippen LogP contribution in [0.4, 0.5) is 0 Å². The van der Waals surface area contributed by atoms with Crippen molar-refractivity contribution >= 4 is 0 Å². The molecule has 1 unspecified atom stereocenters. The Morgan fingerprint density at radius 3 is 3.10 bits per heavy atom. The highest BCUT2D eigenvalue weighted by Crippen LogP contribution is 2.14. The van der Waals surface area contributed by atoms with E-state index < -0.39 is 0 Å². The van der Waals surface area contributed by atoms with E-state index in [4.69, 9.17) is 0 Å². The first kappa shape index (κ1) is 7.80. The van der Waals surface area contributed by atoms with E-state index in [1.165, 1.54) is 25.8 Å². The Hall–Kier alpha value is -0.300. The Labute approximate surface area is 63.5 Å². The minimum atomic E-state index is 0.701. The first-order valence-corrected chi connectivity index (χ1v) is 4.24. The zero-order chi connectivity index (χ0) is 7.40. The van der Waals surface area contributed by atoms with Crippen molar-refractivity contribution in [3.63, 3.8) is 0 Å². The van der Waals surface area contributed by atoms with Gasteiger partial charge in [-0.3, -0.25) is 0 Å². The molecular formula is C9H17N. The highest BCUT2D eigenvalue weighted by molar-refractivity contribution is 5.06. The van der Waals surface area contributed by atoms with Crippen molar-refractivity contribution in [1.29, 1.82) is 0 Å². The van der Waals surface area contributed by atoms with Crippen LogP contribution in [0.2, 0.25) is 0 Å². The predicted molar refractivity (Wildman–Crippen MR) is 45.1 cm³/mol. The van der Waals surface area contributed by atoms with Gasteiger partial charge in [-0.2, -0.15) is 0 Å². The van der Waals surface area contributed by atoms with Gasteiger partial charge in [-0.25, -0.2) is 0 Å². The largest absolute Gasteiger partial charge is 0.314 e. The molecule has 1 fully saturated rings. The first-order valence-electron chi connectivity index (χ1n) is 4.24. The molecule has 1 heterocycles. The van der Waals surface area contributed by atoms with Gasteiger partial charge >= 0.3 is 0 Å². The molecule has 0 bridgehead atoms. The van der Waals surface area contributed by atoms with E-state index in [9.17, 15) is 0 Å². The molecule has 1 nitrogen and oxygen atoms in total. The SMILES string of the molecule is CC/C=C1\CCNC(C)C1. The topological polar surface area (TPSA) is 12.0 Å². The van der Waals surface area contributed by atoms with Crippen LogP contribution in [0.3, 0.4) is 0 Å². The predicted octanol–water partition coefficient (Wildman–Crippen LogP) is 2.09. The fourth-order valence-corrected chi connectivity index (χ4v) is 1.52. The second-order valence-electron chi connectivity index (χ2n) is 3.08. The summed E-state index contributed by atoms with van der Waals surface area (Å²) < 4.78 is 0. The molecule has 0 aromatic heterocycles. The van der Waals surface area contributed by atoms with Gasteiger partial charge in [0.2, 0.25) is 0 Å². The van der Waals surface area contributed by atoms with Crippen LogP contribution >= 0.6 is 0 Å². The Balaban J connectivity index is 2.39. The van der Waals surface area contributed by atoms with E-state index in [0.717, 1.165) is 0 Å². The second-order valence-corrected chi connectivity index (χ2v) is 3.08. The van der Waals surface area contributed by atoms with Gasteiger partial charge < -0.3 is 5.32 Å². The number of nitrogens with one attached hydrogen (secondary N) is 1. The summed E-state index contributed by atoms with van der Waals surface area (Å²) >= 11 is 0. The van der Waals surface area contributed by atoms with Crippen LogP contribution in [0.1, 0.15) is 33.1 Å². The van der Waals surface area contributed by atoms with E-state index >= 15 is 0 Å². The Bertz CT molecular complexity index is 127. The minimum absolute atomic E-state index is 0.701. The maximum atomic E-state index is 3.43. The number of piperidine rings is 1. The van der Waals surface area contributed by atoms with Crippen LogP contribution in [-0.4, -0.2) is 12.6 Å². The second kappa shape index (κ2) is 3.77. The third-order valence-corrected chi connectivity index (χ3v) is 2.00. The molecule has 0 amide bonds. The molecule has 1 heteroatoms. The molecule has 58 valence electrons. The van der Waals surface area contributed by atoms with Gasteiger partial charge in [0.25, 0.3) is 0 Å². The van der Waals surface area contributed by atoms with Gasteiger partial charge in [0, 0.05) is 6.04 Å². The lowest BCUT2D eigenvalue weighted by atomic mass is 9.99. The zero-order valence-corrected chi connectivity index (χ0v) is 6.98. The molecule has 1 saturated heterocycles. The normalized spacial score (nSPS) is 31.0. The van der Waals surface area contributed by atoms with Crippen LogP contribution in [0, 0.1) is 0 Å². The Morgan fingerprint density at radius 2 is 2.50 bits per heavy atom. The third kappa shape index (κ3) is 2.14. The van der Waals surface area contributed by atoms with Crippen molar-refractivity contribution in [1.82, 2.24) is 5.32 Å². The molecule has 0 spiro atoms. The number of rotatable bonds is 1. The van der Waals surface area contributed by atoms with E-state index in [2.05, 4.69) is 25.2 Å². The summed E-state index contributed by atoms with van der Waals surface area (Å²) in [6.07, 6.45) is 6.09. The summed E-state index contributed by atoms with van der Waals surface area (Å²) in [5, 5.41) is 3.43. The van der Waals surface area contributed by atoms with Crippen molar-refractivity contribution < 1.29 is 0 Å². The van der Waals surface area contributed by atoms with Gasteiger partial charge in [0.05, 0.1) is 0 Å². The number of hydrogen-bond acceptors (Lipinski definition) is 1. The Kier molecular flexibility index (Phi) is 2.94. The van der Waals surface area contributed by atoms with E-state index in [-0.39, 0.29) is 0 Å². The summed E-state index contributed by atoms with van der Waals surface area (Å²) in [4.78, 5) is 0. The third-order valence-electron chi connectivity index (χ3n) is 2.00. The fourth-order valence-electron chi connectivity index (χ4n) is 1.52. The molecule has 1 N–H and O–H groups in total. The summed E-state index contributed by atoms with van der Waals surface area (Å²) in [6, 6.07) is 0.701. The summed E-state index contributed by atoms with van der Waals surface area (Å²) in [5.74, 6) is 0. The van der Waals surface area contributed by atoms with Gasteiger partial charge in [-0.1, -0.05) is 18.6 Å². The van der Waals surface area contributed by atoms with Crippen molar-refractivity contribution in [3.8, 4) is 0 Å². The van der Waals surface area contributed by atoms with Gasteiger partial charge in [-0.15, -0.1) is 0 Å². The Morgan fingerprint density at radius 1 is 1.70 bits per heavy atom. The van der Waals surface area contributed by atoms with Crippen LogP contribution < -0.4 is 5.32 Å². The van der Waals surface area contributed by atoms with Crippen LogP contribution in [0.25, 0.3) is 0 Å². The lowest BCUT2D eigenvalue weighted by molar-refractivity contribution is 0.492. The fraction of sp³-hybridized carbons (Fsp3) is 0.778. The highest BCUT2D eigenvalue weighted by atomic mass is 14.9. The van der Waals surface area contributed by atoms with E-state index in [1.54, 1.807) is 5.57 Å². The first-order chi connectivity index (χ1) is 4.83. The van der Waals surface area contributed by atoms with Crippen molar-refractivity contribution in [2.75, 3.05) is 6.54 Å². The van der Waals surface area contributed by atoms with E-state index in [0.29, 0.717) is 6.04 Å². The average Bonchev–Trinajstić information content (AvgIpc) is 1.88. The van der Waals surface area contributed by atoms with Gasteiger partial charge in [0.1, 0.15) is 0 Å². The molecule has 0 radical (unpaired) electrons. The highest BCUT2D eigenvalue weighted by Gasteiger charge is 2.09. The smallest absolute Gasteiger partial charge is 0.00760 e. The summed E-state index contributed by atoms with van der Waals surface area (Å²) in [7, 11) is 0. The molecule has 0 saturated carbocycles. The van der Waals surface area contributed by atoms with Crippen LogP contribution in [-0.2, 0) is 0 Å². The maximum absolute atomic E-state index is 3.43.